The van der Waals surface area contributed by atoms with E-state index >= 15 is 0 Å². The van der Waals surface area contributed by atoms with E-state index in [-0.39, 0.29) is 28.9 Å². The lowest BCUT2D eigenvalue weighted by Gasteiger charge is -2.10. The molecule has 3 aromatic rings. The van der Waals surface area contributed by atoms with Crippen molar-refractivity contribution in [2.45, 2.75) is 19.8 Å². The Morgan fingerprint density at radius 2 is 1.85 bits per heavy atom. The van der Waals surface area contributed by atoms with Crippen molar-refractivity contribution in [3.8, 4) is 11.5 Å². The minimum atomic E-state index is -0.549. The number of aromatic amines is 1. The Morgan fingerprint density at radius 3 is 2.52 bits per heavy atom. The van der Waals surface area contributed by atoms with Gasteiger partial charge in [0.25, 0.3) is 0 Å². The van der Waals surface area contributed by atoms with Gasteiger partial charge in [-0.2, -0.15) is 0 Å². The molecule has 0 radical (unpaired) electrons. The smallest absolute Gasteiger partial charge is 0.343 e. The summed E-state index contributed by atoms with van der Waals surface area (Å²) >= 11 is 0. The predicted octanol–water partition coefficient (Wildman–Crippen LogP) is 3.74. The number of rotatable bonds is 6. The number of nitrogens with one attached hydrogen (secondary N) is 1. The van der Waals surface area contributed by atoms with Gasteiger partial charge in [-0.1, -0.05) is 25.1 Å². The molecule has 0 bridgehead atoms. The van der Waals surface area contributed by atoms with Crippen LogP contribution >= 0.6 is 0 Å². The predicted molar refractivity (Wildman–Crippen MR) is 102 cm³/mol. The molecule has 0 spiro atoms. The maximum atomic E-state index is 12.8. The summed E-state index contributed by atoms with van der Waals surface area (Å²) in [5.74, 6) is -0.272. The van der Waals surface area contributed by atoms with Gasteiger partial charge in [-0.05, 0) is 24.6 Å². The van der Waals surface area contributed by atoms with Crippen LogP contribution in [0.1, 0.15) is 40.5 Å². The van der Waals surface area contributed by atoms with E-state index in [0.29, 0.717) is 23.3 Å². The molecule has 1 N–H and O–H groups in total. The topological polar surface area (TPSA) is 85.5 Å². The first-order valence-corrected chi connectivity index (χ1v) is 8.59. The summed E-state index contributed by atoms with van der Waals surface area (Å²) in [6, 6.07) is 11.5. The van der Waals surface area contributed by atoms with E-state index < -0.39 is 11.4 Å². The van der Waals surface area contributed by atoms with E-state index in [1.165, 1.54) is 25.4 Å². The van der Waals surface area contributed by atoms with Gasteiger partial charge in [0.15, 0.2) is 11.2 Å². The number of H-pyrrole nitrogens is 1. The molecular formula is C21H19NO5. The number of ketones is 1. The lowest BCUT2D eigenvalue weighted by Crippen LogP contribution is -2.16. The SMILES string of the molecule is CCCC(=O)c1c[nH]c2c(OC)cc(OC(=O)c3ccccc3)cc2c1=O. The van der Waals surface area contributed by atoms with Crippen molar-refractivity contribution in [1.82, 2.24) is 4.98 Å². The second-order valence-corrected chi connectivity index (χ2v) is 6.01. The van der Waals surface area contributed by atoms with Crippen molar-refractivity contribution >= 4 is 22.7 Å². The first-order chi connectivity index (χ1) is 13.0. The maximum Gasteiger partial charge on any atom is 0.343 e. The zero-order valence-electron chi connectivity index (χ0n) is 15.1. The van der Waals surface area contributed by atoms with E-state index in [1.54, 1.807) is 30.3 Å². The number of esters is 1. The number of benzene rings is 2. The first kappa shape index (κ1) is 18.4. The fourth-order valence-corrected chi connectivity index (χ4v) is 2.80. The summed E-state index contributed by atoms with van der Waals surface area (Å²) in [5, 5.41) is 0.229. The number of ether oxygens (including phenoxy) is 2. The summed E-state index contributed by atoms with van der Waals surface area (Å²) in [5.41, 5.74) is 0.489. The van der Waals surface area contributed by atoms with Crippen LogP contribution in [0.2, 0.25) is 0 Å². The van der Waals surface area contributed by atoms with Crippen LogP contribution in [-0.4, -0.2) is 23.8 Å². The highest BCUT2D eigenvalue weighted by Crippen LogP contribution is 2.29. The fraction of sp³-hybridized carbons (Fsp3) is 0.190. The van der Waals surface area contributed by atoms with Crippen molar-refractivity contribution in [1.29, 1.82) is 0 Å². The molecule has 1 heterocycles. The molecule has 0 amide bonds. The molecule has 1 aromatic heterocycles. The molecule has 27 heavy (non-hydrogen) atoms. The van der Waals surface area contributed by atoms with Crippen molar-refractivity contribution in [2.75, 3.05) is 7.11 Å². The zero-order valence-corrected chi connectivity index (χ0v) is 15.1. The molecule has 6 heteroatoms. The van der Waals surface area contributed by atoms with Gasteiger partial charge in [0.1, 0.15) is 11.5 Å². The number of carbonyl (C=O) groups is 2. The van der Waals surface area contributed by atoms with Crippen molar-refractivity contribution in [3.05, 3.63) is 70.0 Å². The van der Waals surface area contributed by atoms with Gasteiger partial charge < -0.3 is 14.5 Å². The van der Waals surface area contributed by atoms with E-state index in [1.807, 2.05) is 6.92 Å². The number of aromatic nitrogens is 1. The van der Waals surface area contributed by atoms with Gasteiger partial charge >= 0.3 is 5.97 Å². The van der Waals surface area contributed by atoms with Gasteiger partial charge in [-0.15, -0.1) is 0 Å². The highest BCUT2D eigenvalue weighted by atomic mass is 16.5. The van der Waals surface area contributed by atoms with Gasteiger partial charge in [0, 0.05) is 18.7 Å². The third-order valence-electron chi connectivity index (χ3n) is 4.14. The quantitative estimate of drug-likeness (QED) is 0.409. The Labute approximate surface area is 155 Å². The van der Waals surface area contributed by atoms with E-state index in [9.17, 15) is 14.4 Å². The van der Waals surface area contributed by atoms with Crippen LogP contribution in [0.5, 0.6) is 11.5 Å². The summed E-state index contributed by atoms with van der Waals surface area (Å²) in [6.07, 6.45) is 2.34. The van der Waals surface area contributed by atoms with Crippen LogP contribution in [0.15, 0.2) is 53.5 Å². The molecule has 0 aliphatic carbocycles. The number of fused-ring (bicyclic) bond motifs is 1. The van der Waals surface area contributed by atoms with Crippen LogP contribution in [0, 0.1) is 0 Å². The van der Waals surface area contributed by atoms with Crippen molar-refractivity contribution in [3.63, 3.8) is 0 Å². The molecule has 0 aliphatic rings. The Balaban J connectivity index is 2.07. The highest BCUT2D eigenvalue weighted by Gasteiger charge is 2.17. The average Bonchev–Trinajstić information content (AvgIpc) is 2.69. The molecule has 0 fully saturated rings. The minimum absolute atomic E-state index is 0.0814. The monoisotopic (exact) mass is 365 g/mol. The van der Waals surface area contributed by atoms with Crippen molar-refractivity contribution in [2.24, 2.45) is 0 Å². The number of Topliss-reactive ketones (excluding diaryl/α,β-unsaturated/α-hetero) is 1. The number of methoxy groups -OCH3 is 1. The van der Waals surface area contributed by atoms with Crippen LogP contribution < -0.4 is 14.9 Å². The number of pyridine rings is 1. The average molecular weight is 365 g/mol. The van der Waals surface area contributed by atoms with Gasteiger partial charge in [-0.3, -0.25) is 9.59 Å². The van der Waals surface area contributed by atoms with E-state index in [0.717, 1.165) is 0 Å². The molecule has 0 saturated heterocycles. The maximum absolute atomic E-state index is 12.8. The molecule has 6 nitrogen and oxygen atoms in total. The second kappa shape index (κ2) is 7.86. The van der Waals surface area contributed by atoms with Crippen LogP contribution in [0.4, 0.5) is 0 Å². The minimum Gasteiger partial charge on any atom is -0.494 e. The summed E-state index contributed by atoms with van der Waals surface area (Å²) in [6.45, 7) is 1.87. The second-order valence-electron chi connectivity index (χ2n) is 6.01. The molecule has 0 unspecified atom stereocenters. The first-order valence-electron chi connectivity index (χ1n) is 8.59. The summed E-state index contributed by atoms with van der Waals surface area (Å²) in [4.78, 5) is 40.2. The molecule has 0 saturated carbocycles. The fourth-order valence-electron chi connectivity index (χ4n) is 2.80. The standard InChI is InChI=1S/C21H19NO5/c1-3-7-17(23)16-12-22-19-15(20(16)24)10-14(11-18(19)26-2)27-21(25)13-8-5-4-6-9-13/h4-6,8-12H,3,7H2,1-2H3,(H,22,24). The Bertz CT molecular complexity index is 1050. The zero-order chi connectivity index (χ0) is 19.4. The number of hydrogen-bond acceptors (Lipinski definition) is 5. The normalized spacial score (nSPS) is 10.6. The highest BCUT2D eigenvalue weighted by molar-refractivity contribution is 6.00. The van der Waals surface area contributed by atoms with Gasteiger partial charge in [0.05, 0.1) is 29.1 Å². The van der Waals surface area contributed by atoms with Gasteiger partial charge in [0.2, 0.25) is 0 Å². The molecule has 2 aromatic carbocycles. The summed E-state index contributed by atoms with van der Waals surface area (Å²) < 4.78 is 10.7. The lowest BCUT2D eigenvalue weighted by atomic mass is 10.1. The third kappa shape index (κ3) is 3.74. The molecule has 0 aliphatic heterocycles. The van der Waals surface area contributed by atoms with Crippen LogP contribution in [0.25, 0.3) is 10.9 Å². The molecular weight excluding hydrogens is 346 g/mol. The third-order valence-corrected chi connectivity index (χ3v) is 4.14. The summed E-state index contributed by atoms with van der Waals surface area (Å²) in [7, 11) is 1.45. The number of carbonyl (C=O) groups excluding carboxylic acids is 2. The molecule has 138 valence electrons. The number of hydrogen-bond donors (Lipinski definition) is 1. The lowest BCUT2D eigenvalue weighted by molar-refractivity contribution is 0.0734. The Hall–Kier alpha value is -3.41. The Kier molecular flexibility index (Phi) is 5.35. The molecule has 0 atom stereocenters. The van der Waals surface area contributed by atoms with E-state index in [2.05, 4.69) is 4.98 Å². The molecule has 3 rings (SSSR count). The van der Waals surface area contributed by atoms with Crippen LogP contribution in [0.3, 0.4) is 0 Å². The Morgan fingerprint density at radius 1 is 1.11 bits per heavy atom. The largest absolute Gasteiger partial charge is 0.494 e. The van der Waals surface area contributed by atoms with E-state index in [4.69, 9.17) is 9.47 Å². The van der Waals surface area contributed by atoms with Crippen molar-refractivity contribution < 1.29 is 19.1 Å². The van der Waals surface area contributed by atoms with Crippen LogP contribution in [-0.2, 0) is 0 Å². The van der Waals surface area contributed by atoms with Gasteiger partial charge in [-0.25, -0.2) is 4.79 Å².